The molecular formula is C9H11ClF3NO2S2. The first-order valence-corrected chi connectivity index (χ1v) is 7.61. The zero-order chi connectivity index (χ0) is 14.1. The molecule has 0 spiro atoms. The van der Waals surface area contributed by atoms with Gasteiger partial charge in [-0.1, -0.05) is 0 Å². The molecule has 0 aliphatic rings. The van der Waals surface area contributed by atoms with Crippen molar-refractivity contribution in [1.82, 2.24) is 4.31 Å². The molecule has 0 aliphatic heterocycles. The predicted molar refractivity (Wildman–Crippen MR) is 64.5 cm³/mol. The van der Waals surface area contributed by atoms with Crippen LogP contribution in [0.4, 0.5) is 13.2 Å². The summed E-state index contributed by atoms with van der Waals surface area (Å²) < 4.78 is 61.1. The normalized spacial score (nSPS) is 13.3. The Kier molecular flexibility index (Phi) is 4.69. The summed E-state index contributed by atoms with van der Waals surface area (Å²) >= 11 is 6.71. The molecule has 18 heavy (non-hydrogen) atoms. The predicted octanol–water partition coefficient (Wildman–Crippen LogP) is 2.98. The molecule has 0 unspecified atom stereocenters. The van der Waals surface area contributed by atoms with Crippen LogP contribution in [0.5, 0.6) is 0 Å². The smallest absolute Gasteiger partial charge is 0.207 e. The quantitative estimate of drug-likeness (QED) is 0.800. The standard InChI is InChI=1S/C9H11ClF3NO2S2/c1-6-4-17-7(3-10)8(6)18(15,16)14(2)5-9(11,12)13/h4H,3,5H2,1-2H3. The Hall–Kier alpha value is -0.310. The van der Waals surface area contributed by atoms with E-state index >= 15 is 0 Å². The summed E-state index contributed by atoms with van der Waals surface area (Å²) in [6.07, 6.45) is -4.58. The van der Waals surface area contributed by atoms with Crippen LogP contribution in [0, 0.1) is 6.92 Å². The number of nitrogens with zero attached hydrogens (tertiary/aromatic N) is 1. The Morgan fingerprint density at radius 1 is 1.44 bits per heavy atom. The summed E-state index contributed by atoms with van der Waals surface area (Å²) in [6.45, 7) is 0.00715. The van der Waals surface area contributed by atoms with Crippen molar-refractivity contribution in [2.45, 2.75) is 23.9 Å². The zero-order valence-electron chi connectivity index (χ0n) is 9.58. The molecule has 0 atom stereocenters. The van der Waals surface area contributed by atoms with Crippen molar-refractivity contribution < 1.29 is 21.6 Å². The maximum Gasteiger partial charge on any atom is 0.402 e. The van der Waals surface area contributed by atoms with Crippen molar-refractivity contribution in [2.24, 2.45) is 0 Å². The van der Waals surface area contributed by atoms with Gasteiger partial charge in [-0.3, -0.25) is 0 Å². The molecule has 104 valence electrons. The van der Waals surface area contributed by atoms with E-state index in [0.29, 0.717) is 10.4 Å². The van der Waals surface area contributed by atoms with Gasteiger partial charge < -0.3 is 0 Å². The number of sulfonamides is 1. The molecule has 1 rings (SSSR count). The van der Waals surface area contributed by atoms with E-state index in [9.17, 15) is 21.6 Å². The number of thiophene rings is 1. The van der Waals surface area contributed by atoms with E-state index in [4.69, 9.17) is 11.6 Å². The highest BCUT2D eigenvalue weighted by molar-refractivity contribution is 7.89. The molecule has 0 aliphatic carbocycles. The van der Waals surface area contributed by atoms with Gasteiger partial charge in [0.15, 0.2) is 0 Å². The number of hydrogen-bond acceptors (Lipinski definition) is 3. The van der Waals surface area contributed by atoms with Crippen molar-refractivity contribution >= 4 is 33.0 Å². The molecule has 1 aromatic rings. The molecule has 0 saturated carbocycles. The van der Waals surface area contributed by atoms with Gasteiger partial charge in [0.1, 0.15) is 11.4 Å². The van der Waals surface area contributed by atoms with Crippen molar-refractivity contribution in [1.29, 1.82) is 0 Å². The molecule has 0 saturated heterocycles. The Labute approximate surface area is 112 Å². The van der Waals surface area contributed by atoms with Crippen LogP contribution in [0.1, 0.15) is 10.4 Å². The number of rotatable bonds is 4. The number of hydrogen-bond donors (Lipinski definition) is 0. The van der Waals surface area contributed by atoms with Crippen LogP contribution < -0.4 is 0 Å². The monoisotopic (exact) mass is 321 g/mol. The van der Waals surface area contributed by atoms with Gasteiger partial charge in [0.05, 0.1) is 5.88 Å². The molecule has 1 aromatic heterocycles. The van der Waals surface area contributed by atoms with Crippen LogP contribution in [0.25, 0.3) is 0 Å². The average molecular weight is 322 g/mol. The van der Waals surface area contributed by atoms with E-state index in [-0.39, 0.29) is 15.1 Å². The Morgan fingerprint density at radius 2 is 2.00 bits per heavy atom. The largest absolute Gasteiger partial charge is 0.402 e. The van der Waals surface area contributed by atoms with Crippen molar-refractivity contribution in [3.63, 3.8) is 0 Å². The average Bonchev–Trinajstić information content (AvgIpc) is 2.57. The number of halogens is 4. The number of alkyl halides is 4. The molecule has 9 heteroatoms. The first kappa shape index (κ1) is 15.7. The van der Waals surface area contributed by atoms with E-state index in [1.54, 1.807) is 5.38 Å². The van der Waals surface area contributed by atoms with Crippen LogP contribution in [-0.2, 0) is 15.9 Å². The molecule has 0 amide bonds. The molecular weight excluding hydrogens is 311 g/mol. The van der Waals surface area contributed by atoms with Crippen molar-refractivity contribution in [2.75, 3.05) is 13.6 Å². The summed E-state index contributed by atoms with van der Waals surface area (Å²) in [6, 6.07) is 0. The molecule has 3 nitrogen and oxygen atoms in total. The molecule has 0 N–H and O–H groups in total. The van der Waals surface area contributed by atoms with Gasteiger partial charge in [-0.15, -0.1) is 22.9 Å². The second-order valence-electron chi connectivity index (χ2n) is 3.68. The van der Waals surface area contributed by atoms with Crippen LogP contribution >= 0.6 is 22.9 Å². The second-order valence-corrected chi connectivity index (χ2v) is 6.89. The van der Waals surface area contributed by atoms with E-state index in [1.165, 1.54) is 6.92 Å². The van der Waals surface area contributed by atoms with Gasteiger partial charge in [0.25, 0.3) is 0 Å². The minimum absolute atomic E-state index is 0.0487. The highest BCUT2D eigenvalue weighted by Gasteiger charge is 2.36. The number of aryl methyl sites for hydroxylation is 1. The van der Waals surface area contributed by atoms with Gasteiger partial charge in [-0.25, -0.2) is 8.42 Å². The lowest BCUT2D eigenvalue weighted by molar-refractivity contribution is -0.134. The van der Waals surface area contributed by atoms with Crippen molar-refractivity contribution in [3.05, 3.63) is 15.8 Å². The first-order valence-electron chi connectivity index (χ1n) is 4.75. The molecule has 1 heterocycles. The van der Waals surface area contributed by atoms with Crippen LogP contribution in [-0.4, -0.2) is 32.5 Å². The maximum atomic E-state index is 12.2. The highest BCUT2D eigenvalue weighted by Crippen LogP contribution is 2.31. The molecule has 0 bridgehead atoms. The van der Waals surface area contributed by atoms with Gasteiger partial charge in [-0.2, -0.15) is 17.5 Å². The lowest BCUT2D eigenvalue weighted by atomic mass is 10.3. The van der Waals surface area contributed by atoms with E-state index in [2.05, 4.69) is 0 Å². The first-order chi connectivity index (χ1) is 8.09. The highest BCUT2D eigenvalue weighted by atomic mass is 35.5. The fourth-order valence-electron chi connectivity index (χ4n) is 1.42. The summed E-state index contributed by atoms with van der Waals surface area (Å²) in [5.41, 5.74) is 0.407. The van der Waals surface area contributed by atoms with E-state index in [0.717, 1.165) is 18.4 Å². The third kappa shape index (κ3) is 3.37. The minimum Gasteiger partial charge on any atom is -0.207 e. The van der Waals surface area contributed by atoms with Gasteiger partial charge >= 0.3 is 6.18 Å². The summed E-state index contributed by atoms with van der Waals surface area (Å²) in [5.74, 6) is -0.0487. The molecule has 0 radical (unpaired) electrons. The fourth-order valence-corrected chi connectivity index (χ4v) is 4.58. The third-order valence-corrected chi connectivity index (χ3v) is 5.87. The van der Waals surface area contributed by atoms with Gasteiger partial charge in [0, 0.05) is 11.9 Å². The Balaban J connectivity index is 3.17. The Bertz CT molecular complexity index is 524. The zero-order valence-corrected chi connectivity index (χ0v) is 12.0. The van der Waals surface area contributed by atoms with Crippen LogP contribution in [0.2, 0.25) is 0 Å². The van der Waals surface area contributed by atoms with Gasteiger partial charge in [-0.05, 0) is 17.9 Å². The Morgan fingerprint density at radius 3 is 2.44 bits per heavy atom. The lowest BCUT2D eigenvalue weighted by Gasteiger charge is -2.19. The van der Waals surface area contributed by atoms with Crippen LogP contribution in [0.3, 0.4) is 0 Å². The third-order valence-electron chi connectivity index (χ3n) is 2.18. The van der Waals surface area contributed by atoms with Crippen molar-refractivity contribution in [3.8, 4) is 0 Å². The summed E-state index contributed by atoms with van der Waals surface area (Å²) in [5, 5.41) is 1.56. The molecule has 0 fully saturated rings. The maximum absolute atomic E-state index is 12.2. The second kappa shape index (κ2) is 5.36. The fraction of sp³-hybridized carbons (Fsp3) is 0.556. The van der Waals surface area contributed by atoms with E-state index < -0.39 is 22.7 Å². The van der Waals surface area contributed by atoms with E-state index in [1.807, 2.05) is 0 Å². The van der Waals surface area contributed by atoms with Gasteiger partial charge in [0.2, 0.25) is 10.0 Å². The van der Waals surface area contributed by atoms with Crippen LogP contribution in [0.15, 0.2) is 10.3 Å². The lowest BCUT2D eigenvalue weighted by Crippen LogP contribution is -2.36. The summed E-state index contributed by atoms with van der Waals surface area (Å²) in [7, 11) is -3.26. The molecule has 0 aromatic carbocycles. The summed E-state index contributed by atoms with van der Waals surface area (Å²) in [4.78, 5) is 0.234. The SMILES string of the molecule is Cc1csc(CCl)c1S(=O)(=O)N(C)CC(F)(F)F. The topological polar surface area (TPSA) is 37.4 Å². The minimum atomic E-state index is -4.58.